The minimum absolute atomic E-state index is 0.129. The molecule has 3 rings (SSSR count). The summed E-state index contributed by atoms with van der Waals surface area (Å²) in [7, 11) is 1.64. The van der Waals surface area contributed by atoms with Crippen LogP contribution in [0.15, 0.2) is 30.3 Å². The van der Waals surface area contributed by atoms with Gasteiger partial charge in [-0.05, 0) is 18.4 Å². The first-order chi connectivity index (χ1) is 13.9. The maximum atomic E-state index is 12.9. The molecule has 156 valence electrons. The lowest BCUT2D eigenvalue weighted by molar-refractivity contribution is -0.137. The lowest BCUT2D eigenvalue weighted by atomic mass is 9.81. The average Bonchev–Trinajstić information content (AvgIpc) is 2.90. The van der Waals surface area contributed by atoms with Crippen molar-refractivity contribution in [2.24, 2.45) is 0 Å². The first kappa shape index (κ1) is 20.8. The lowest BCUT2D eigenvalue weighted by Gasteiger charge is -2.35. The molecule has 1 saturated carbocycles. The number of hydrogen-bond acceptors (Lipinski definition) is 4. The van der Waals surface area contributed by atoms with Crippen LogP contribution in [0.3, 0.4) is 0 Å². The Morgan fingerprint density at radius 1 is 1.00 bits per heavy atom. The van der Waals surface area contributed by atoms with Crippen molar-refractivity contribution < 1.29 is 19.2 Å². The molecule has 0 atom stereocenters. The Kier molecular flexibility index (Phi) is 6.51. The molecule has 1 aromatic rings. The molecular weight excluding hydrogens is 372 g/mol. The zero-order valence-electron chi connectivity index (χ0n) is 16.8. The van der Waals surface area contributed by atoms with Crippen LogP contribution in [-0.2, 0) is 20.9 Å². The van der Waals surface area contributed by atoms with E-state index in [0.29, 0.717) is 19.4 Å². The van der Waals surface area contributed by atoms with Gasteiger partial charge < -0.3 is 15.5 Å². The number of nitrogens with zero attached hydrogens (tertiary/aromatic N) is 2. The molecule has 5 amide bonds. The Morgan fingerprint density at radius 3 is 2.38 bits per heavy atom. The molecule has 8 nitrogen and oxygen atoms in total. The lowest BCUT2D eigenvalue weighted by Crippen LogP contribution is -2.49. The van der Waals surface area contributed by atoms with E-state index in [9.17, 15) is 19.2 Å². The molecule has 0 aromatic heterocycles. The number of nitrogens with one attached hydrogen (secondary N) is 2. The molecule has 1 aliphatic heterocycles. The van der Waals surface area contributed by atoms with Gasteiger partial charge >= 0.3 is 6.03 Å². The molecular formula is C21H28N4O4. The largest absolute Gasteiger partial charge is 0.354 e. The minimum Gasteiger partial charge on any atom is -0.354 e. The van der Waals surface area contributed by atoms with Crippen LogP contribution in [0.1, 0.15) is 44.1 Å². The van der Waals surface area contributed by atoms with E-state index in [2.05, 4.69) is 10.6 Å². The second kappa shape index (κ2) is 9.07. The summed E-state index contributed by atoms with van der Waals surface area (Å²) in [6.45, 7) is 0.269. The van der Waals surface area contributed by atoms with E-state index in [1.54, 1.807) is 7.05 Å². The third-order valence-corrected chi connectivity index (χ3v) is 5.79. The highest BCUT2D eigenvalue weighted by atomic mass is 16.2. The van der Waals surface area contributed by atoms with Gasteiger partial charge in [0.15, 0.2) is 0 Å². The molecule has 2 fully saturated rings. The van der Waals surface area contributed by atoms with Crippen molar-refractivity contribution >= 4 is 23.8 Å². The molecule has 1 aliphatic carbocycles. The summed E-state index contributed by atoms with van der Waals surface area (Å²) in [5, 5.41) is 5.41. The van der Waals surface area contributed by atoms with Crippen molar-refractivity contribution in [3.8, 4) is 0 Å². The maximum absolute atomic E-state index is 12.9. The van der Waals surface area contributed by atoms with Gasteiger partial charge in [0.05, 0.1) is 0 Å². The summed E-state index contributed by atoms with van der Waals surface area (Å²) in [5.41, 5.74) is 0.212. The van der Waals surface area contributed by atoms with Crippen LogP contribution < -0.4 is 10.6 Å². The summed E-state index contributed by atoms with van der Waals surface area (Å²) in [4.78, 5) is 52.0. The Bertz CT molecular complexity index is 774. The molecule has 29 heavy (non-hydrogen) atoms. The van der Waals surface area contributed by atoms with Gasteiger partial charge in [-0.1, -0.05) is 49.6 Å². The number of imide groups is 1. The fourth-order valence-corrected chi connectivity index (χ4v) is 4.07. The second-order valence-electron chi connectivity index (χ2n) is 7.69. The molecule has 8 heteroatoms. The topological polar surface area (TPSA) is 98.8 Å². The monoisotopic (exact) mass is 400 g/mol. The van der Waals surface area contributed by atoms with Crippen LogP contribution in [0.25, 0.3) is 0 Å². The second-order valence-corrected chi connectivity index (χ2v) is 7.69. The number of carbonyl (C=O) groups excluding carboxylic acids is 4. The maximum Gasteiger partial charge on any atom is 0.327 e. The fourth-order valence-electron chi connectivity index (χ4n) is 4.07. The summed E-state index contributed by atoms with van der Waals surface area (Å²) < 4.78 is 0. The van der Waals surface area contributed by atoms with E-state index < -0.39 is 17.5 Å². The first-order valence-corrected chi connectivity index (χ1v) is 10.1. The molecule has 1 saturated heterocycles. The summed E-state index contributed by atoms with van der Waals surface area (Å²) >= 11 is 0. The molecule has 0 radical (unpaired) electrons. The van der Waals surface area contributed by atoms with Gasteiger partial charge in [-0.2, -0.15) is 0 Å². The van der Waals surface area contributed by atoms with Crippen molar-refractivity contribution in [3.05, 3.63) is 35.9 Å². The molecule has 2 aliphatic rings. The van der Waals surface area contributed by atoms with Gasteiger partial charge in [0.2, 0.25) is 11.8 Å². The summed E-state index contributed by atoms with van der Waals surface area (Å²) in [6.07, 6.45) is 4.29. The Hall–Kier alpha value is -2.90. The van der Waals surface area contributed by atoms with E-state index in [1.807, 2.05) is 30.3 Å². The van der Waals surface area contributed by atoms with Gasteiger partial charge in [-0.3, -0.25) is 19.3 Å². The number of amides is 5. The average molecular weight is 400 g/mol. The van der Waals surface area contributed by atoms with Crippen molar-refractivity contribution in [3.63, 3.8) is 0 Å². The number of likely N-dealkylation sites (N-methyl/N-ethyl adjacent to an activating group) is 1. The van der Waals surface area contributed by atoms with Crippen LogP contribution in [0, 0.1) is 0 Å². The normalized spacial score (nSPS) is 18.2. The Morgan fingerprint density at radius 2 is 1.69 bits per heavy atom. The van der Waals surface area contributed by atoms with Crippen molar-refractivity contribution in [1.82, 2.24) is 20.4 Å². The molecule has 2 N–H and O–H groups in total. The molecule has 1 aromatic carbocycles. The number of rotatable bonds is 7. The Labute approximate surface area is 170 Å². The number of hydrogen-bond donors (Lipinski definition) is 2. The zero-order valence-corrected chi connectivity index (χ0v) is 16.8. The van der Waals surface area contributed by atoms with Crippen LogP contribution in [0.5, 0.6) is 0 Å². The molecule has 0 unspecified atom stereocenters. The summed E-state index contributed by atoms with van der Waals surface area (Å²) in [6, 6.07) is 9.12. The molecule has 0 bridgehead atoms. The summed E-state index contributed by atoms with van der Waals surface area (Å²) in [5.74, 6) is -0.896. The van der Waals surface area contributed by atoms with E-state index in [4.69, 9.17) is 0 Å². The Balaban J connectivity index is 1.43. The van der Waals surface area contributed by atoms with Crippen molar-refractivity contribution in [2.45, 2.75) is 50.6 Å². The third-order valence-electron chi connectivity index (χ3n) is 5.79. The smallest absolute Gasteiger partial charge is 0.327 e. The predicted molar refractivity (Wildman–Crippen MR) is 107 cm³/mol. The van der Waals surface area contributed by atoms with E-state index in [-0.39, 0.29) is 31.3 Å². The fraction of sp³-hybridized carbons (Fsp3) is 0.524. The van der Waals surface area contributed by atoms with Gasteiger partial charge in [0.25, 0.3) is 5.91 Å². The standard InChI is InChI=1S/C21H28N4O4/c1-24-20(29)25(19(28)21(24)11-6-3-7-12-21)15-18(27)22-13-10-17(26)23-14-16-8-4-2-5-9-16/h2,4-5,8-9H,3,6-7,10-15H2,1H3,(H,22,27)(H,23,26). The van der Waals surface area contributed by atoms with Gasteiger partial charge in [-0.25, -0.2) is 4.79 Å². The molecule has 1 heterocycles. The van der Waals surface area contributed by atoms with Crippen LogP contribution in [-0.4, -0.2) is 59.2 Å². The highest BCUT2D eigenvalue weighted by Gasteiger charge is 2.55. The molecule has 1 spiro atoms. The highest BCUT2D eigenvalue weighted by Crippen LogP contribution is 2.39. The quantitative estimate of drug-likeness (QED) is 0.676. The zero-order chi connectivity index (χ0) is 20.9. The predicted octanol–water partition coefficient (Wildman–Crippen LogP) is 1.41. The number of benzene rings is 1. The van der Waals surface area contributed by atoms with Gasteiger partial charge in [0.1, 0.15) is 12.1 Å². The highest BCUT2D eigenvalue weighted by molar-refractivity contribution is 6.08. The van der Waals surface area contributed by atoms with E-state index in [1.165, 1.54) is 4.90 Å². The third kappa shape index (κ3) is 4.58. The van der Waals surface area contributed by atoms with Crippen LogP contribution in [0.2, 0.25) is 0 Å². The number of carbonyl (C=O) groups is 4. The van der Waals surface area contributed by atoms with E-state index in [0.717, 1.165) is 29.7 Å². The van der Waals surface area contributed by atoms with Crippen LogP contribution >= 0.6 is 0 Å². The SMILES string of the molecule is CN1C(=O)N(CC(=O)NCCC(=O)NCc2ccccc2)C(=O)C12CCCCC2. The van der Waals surface area contributed by atoms with Gasteiger partial charge in [-0.15, -0.1) is 0 Å². The first-order valence-electron chi connectivity index (χ1n) is 10.1. The minimum atomic E-state index is -0.785. The van der Waals surface area contributed by atoms with Crippen molar-refractivity contribution in [2.75, 3.05) is 20.1 Å². The van der Waals surface area contributed by atoms with Crippen molar-refractivity contribution in [1.29, 1.82) is 0 Å². The van der Waals surface area contributed by atoms with Crippen LogP contribution in [0.4, 0.5) is 4.79 Å². The number of urea groups is 1. The van der Waals surface area contributed by atoms with Gasteiger partial charge in [0, 0.05) is 26.6 Å². The van der Waals surface area contributed by atoms with E-state index >= 15 is 0 Å².